The van der Waals surface area contributed by atoms with Crippen LogP contribution >= 0.6 is 58.2 Å². The Morgan fingerprint density at radius 3 is 2.15 bits per heavy atom. The quantitative estimate of drug-likeness (QED) is 0.329. The van der Waals surface area contributed by atoms with E-state index in [0.717, 1.165) is 36.8 Å². The van der Waals surface area contributed by atoms with Gasteiger partial charge in [-0.2, -0.15) is 0 Å². The van der Waals surface area contributed by atoms with Crippen molar-refractivity contribution in [2.45, 2.75) is 63.4 Å². The Morgan fingerprint density at radius 1 is 1.00 bits per heavy atom. The Hall–Kier alpha value is -1.11. The largest absolute Gasteiger partial charge is 0.352 e. The molecule has 1 saturated carbocycles. The summed E-state index contributed by atoms with van der Waals surface area (Å²) in [5, 5.41) is 5.27. The summed E-state index contributed by atoms with van der Waals surface area (Å²) in [7, 11) is 0. The number of nitrogens with one attached hydrogen (secondary N) is 1. The summed E-state index contributed by atoms with van der Waals surface area (Å²) in [5.41, 5.74) is 1.65. The molecule has 0 unspecified atom stereocenters. The molecule has 1 aliphatic carbocycles. The maximum absolute atomic E-state index is 13.4. The maximum atomic E-state index is 13.4. The Balaban J connectivity index is 1.74. The fourth-order valence-corrected chi connectivity index (χ4v) is 6.03. The van der Waals surface area contributed by atoms with Crippen LogP contribution in [0, 0.1) is 0 Å². The van der Waals surface area contributed by atoms with Crippen molar-refractivity contribution in [3.8, 4) is 0 Å². The average molecular weight is 562 g/mol. The van der Waals surface area contributed by atoms with E-state index in [2.05, 4.69) is 5.32 Å². The number of hydrogen-bond donors (Lipinski definition) is 1. The predicted octanol–water partition coefficient (Wildman–Crippen LogP) is 7.40. The van der Waals surface area contributed by atoms with Gasteiger partial charge in [-0.1, -0.05) is 78.3 Å². The van der Waals surface area contributed by atoms with Gasteiger partial charge in [0.2, 0.25) is 11.8 Å². The molecule has 0 bridgehead atoms. The minimum Gasteiger partial charge on any atom is -0.352 e. The van der Waals surface area contributed by atoms with Crippen LogP contribution in [0.1, 0.15) is 50.2 Å². The highest BCUT2D eigenvalue weighted by atomic mass is 35.5. The molecule has 3 rings (SSSR count). The Bertz CT molecular complexity index is 1010. The monoisotopic (exact) mass is 560 g/mol. The first kappa shape index (κ1) is 27.5. The van der Waals surface area contributed by atoms with Gasteiger partial charge in [-0.15, -0.1) is 11.8 Å². The second kappa shape index (κ2) is 13.3. The Kier molecular flexibility index (Phi) is 10.7. The summed E-state index contributed by atoms with van der Waals surface area (Å²) in [4.78, 5) is 28.2. The molecular formula is C25H28Cl4N2O2S. The average Bonchev–Trinajstić information content (AvgIpc) is 3.29. The molecular weight excluding hydrogens is 534 g/mol. The van der Waals surface area contributed by atoms with E-state index in [4.69, 9.17) is 46.4 Å². The van der Waals surface area contributed by atoms with Crippen molar-refractivity contribution in [2.24, 2.45) is 0 Å². The number of rotatable bonds is 10. The standard InChI is InChI=1S/C25H28Cl4N2O2S/c1-2-23(25(33)30-20-5-3-4-6-20)31(13-16-7-9-18(26)11-21(16)28)24(32)15-34-14-17-8-10-19(27)12-22(17)29/h7-12,20,23H,2-6,13-15H2,1H3,(H,30,33)/t23-/m0/s1. The van der Waals surface area contributed by atoms with Crippen molar-refractivity contribution in [3.63, 3.8) is 0 Å². The maximum Gasteiger partial charge on any atom is 0.243 e. The Morgan fingerprint density at radius 2 is 1.59 bits per heavy atom. The van der Waals surface area contributed by atoms with Crippen LogP contribution in [0.4, 0.5) is 0 Å². The number of nitrogens with zero attached hydrogens (tertiary/aromatic N) is 1. The normalized spacial score (nSPS) is 14.7. The van der Waals surface area contributed by atoms with Gasteiger partial charge in [-0.25, -0.2) is 0 Å². The lowest BCUT2D eigenvalue weighted by atomic mass is 10.1. The van der Waals surface area contributed by atoms with Crippen LogP contribution < -0.4 is 5.32 Å². The molecule has 2 amide bonds. The van der Waals surface area contributed by atoms with E-state index in [1.165, 1.54) is 11.8 Å². The van der Waals surface area contributed by atoms with Crippen molar-refractivity contribution in [3.05, 3.63) is 67.6 Å². The second-order valence-electron chi connectivity index (χ2n) is 8.40. The molecule has 34 heavy (non-hydrogen) atoms. The van der Waals surface area contributed by atoms with Crippen molar-refractivity contribution in [2.75, 3.05) is 5.75 Å². The predicted molar refractivity (Wildman–Crippen MR) is 144 cm³/mol. The zero-order valence-corrected chi connectivity index (χ0v) is 22.8. The number of thioether (sulfide) groups is 1. The van der Waals surface area contributed by atoms with Gasteiger partial charge in [0.15, 0.2) is 0 Å². The molecule has 1 N–H and O–H groups in total. The number of carbonyl (C=O) groups is 2. The van der Waals surface area contributed by atoms with Crippen LogP contribution in [0.3, 0.4) is 0 Å². The van der Waals surface area contributed by atoms with Gasteiger partial charge >= 0.3 is 0 Å². The van der Waals surface area contributed by atoms with Gasteiger partial charge in [0, 0.05) is 38.4 Å². The van der Waals surface area contributed by atoms with Gasteiger partial charge in [0.1, 0.15) is 6.04 Å². The molecule has 0 heterocycles. The van der Waals surface area contributed by atoms with Gasteiger partial charge in [-0.05, 0) is 54.7 Å². The lowest BCUT2D eigenvalue weighted by molar-refractivity contribution is -0.139. The number of hydrogen-bond acceptors (Lipinski definition) is 3. The summed E-state index contributed by atoms with van der Waals surface area (Å²) in [6.07, 6.45) is 4.71. The van der Waals surface area contributed by atoms with Crippen LogP contribution in [-0.4, -0.2) is 34.6 Å². The van der Waals surface area contributed by atoms with E-state index in [9.17, 15) is 9.59 Å². The first-order valence-corrected chi connectivity index (χ1v) is 14.0. The molecule has 0 aliphatic heterocycles. The molecule has 0 radical (unpaired) electrons. The fourth-order valence-electron chi connectivity index (χ4n) is 4.09. The van der Waals surface area contributed by atoms with Gasteiger partial charge in [0.05, 0.1) is 5.75 Å². The van der Waals surface area contributed by atoms with Crippen molar-refractivity contribution < 1.29 is 9.59 Å². The summed E-state index contributed by atoms with van der Waals surface area (Å²) in [6, 6.07) is 10.1. The number of amides is 2. The minimum atomic E-state index is -0.584. The van der Waals surface area contributed by atoms with E-state index >= 15 is 0 Å². The van der Waals surface area contributed by atoms with Crippen LogP contribution in [0.25, 0.3) is 0 Å². The fraction of sp³-hybridized carbons (Fsp3) is 0.440. The zero-order valence-electron chi connectivity index (χ0n) is 19.0. The summed E-state index contributed by atoms with van der Waals surface area (Å²) < 4.78 is 0. The third-order valence-corrected chi connectivity index (χ3v) is 8.08. The van der Waals surface area contributed by atoms with Crippen molar-refractivity contribution in [1.82, 2.24) is 10.2 Å². The van der Waals surface area contributed by atoms with Crippen LogP contribution in [0.15, 0.2) is 36.4 Å². The van der Waals surface area contributed by atoms with Crippen molar-refractivity contribution >= 4 is 70.0 Å². The third-order valence-electron chi connectivity index (χ3n) is 5.94. The lowest BCUT2D eigenvalue weighted by Crippen LogP contribution is -2.51. The summed E-state index contributed by atoms with van der Waals surface area (Å²) in [5.74, 6) is 0.521. The van der Waals surface area contributed by atoms with Gasteiger partial charge in [0.25, 0.3) is 0 Å². The highest BCUT2D eigenvalue weighted by Gasteiger charge is 2.31. The first-order valence-electron chi connectivity index (χ1n) is 11.3. The first-order chi connectivity index (χ1) is 16.3. The van der Waals surface area contributed by atoms with E-state index in [1.54, 1.807) is 35.2 Å². The molecule has 0 saturated heterocycles. The molecule has 184 valence electrons. The van der Waals surface area contributed by atoms with E-state index < -0.39 is 6.04 Å². The third kappa shape index (κ3) is 7.69. The van der Waals surface area contributed by atoms with Crippen LogP contribution in [-0.2, 0) is 21.9 Å². The molecule has 0 aromatic heterocycles. The van der Waals surface area contributed by atoms with E-state index in [-0.39, 0.29) is 30.2 Å². The number of benzene rings is 2. The van der Waals surface area contributed by atoms with Crippen LogP contribution in [0.2, 0.25) is 20.1 Å². The molecule has 2 aromatic rings. The summed E-state index contributed by atoms with van der Waals surface area (Å²) >= 11 is 26.1. The molecule has 9 heteroatoms. The SMILES string of the molecule is CC[C@@H](C(=O)NC1CCCC1)N(Cc1ccc(Cl)cc1Cl)C(=O)CSCc1ccc(Cl)cc1Cl. The molecule has 0 spiro atoms. The van der Waals surface area contributed by atoms with Crippen LogP contribution in [0.5, 0.6) is 0 Å². The second-order valence-corrected chi connectivity index (χ2v) is 11.1. The lowest BCUT2D eigenvalue weighted by Gasteiger charge is -2.31. The highest BCUT2D eigenvalue weighted by Crippen LogP contribution is 2.27. The Labute approximate surface area is 225 Å². The van der Waals surface area contributed by atoms with Gasteiger partial charge < -0.3 is 10.2 Å². The number of carbonyl (C=O) groups excluding carboxylic acids is 2. The minimum absolute atomic E-state index is 0.112. The molecule has 4 nitrogen and oxygen atoms in total. The zero-order chi connectivity index (χ0) is 24.7. The molecule has 1 fully saturated rings. The topological polar surface area (TPSA) is 49.4 Å². The van der Waals surface area contributed by atoms with Gasteiger partial charge in [-0.3, -0.25) is 9.59 Å². The van der Waals surface area contributed by atoms with E-state index in [1.807, 2.05) is 13.0 Å². The van der Waals surface area contributed by atoms with E-state index in [0.29, 0.717) is 32.3 Å². The molecule has 1 atom stereocenters. The smallest absolute Gasteiger partial charge is 0.243 e. The summed E-state index contributed by atoms with van der Waals surface area (Å²) in [6.45, 7) is 2.15. The molecule has 1 aliphatic rings. The molecule has 2 aromatic carbocycles. The number of halogens is 4. The highest BCUT2D eigenvalue weighted by molar-refractivity contribution is 7.99. The van der Waals surface area contributed by atoms with Crippen molar-refractivity contribution in [1.29, 1.82) is 0 Å².